The zero-order chi connectivity index (χ0) is 16.2. The fourth-order valence-corrected chi connectivity index (χ4v) is 2.31. The van der Waals surface area contributed by atoms with Crippen LogP contribution in [-0.4, -0.2) is 29.6 Å². The first-order chi connectivity index (χ1) is 9.61. The van der Waals surface area contributed by atoms with Gasteiger partial charge in [-0.3, -0.25) is 4.79 Å². The molecule has 7 heteroatoms. The second kappa shape index (κ2) is 7.13. The number of amides is 1. The van der Waals surface area contributed by atoms with Crippen LogP contribution in [0.4, 0.5) is 0 Å². The molecule has 0 saturated heterocycles. The molecule has 116 valence electrons. The van der Waals surface area contributed by atoms with E-state index in [2.05, 4.69) is 21.2 Å². The van der Waals surface area contributed by atoms with Crippen LogP contribution in [0.5, 0.6) is 5.75 Å². The molecule has 1 aromatic rings. The largest absolute Gasteiger partial charge is 0.482 e. The number of ether oxygens (including phenoxy) is 1. The topological polar surface area (TPSA) is 75.6 Å². The minimum atomic E-state index is -1.09. The third-order valence-corrected chi connectivity index (χ3v) is 3.46. The van der Waals surface area contributed by atoms with Gasteiger partial charge >= 0.3 is 5.97 Å². The van der Waals surface area contributed by atoms with Crippen LogP contribution in [0.1, 0.15) is 20.8 Å². The lowest BCUT2D eigenvalue weighted by Gasteiger charge is -2.27. The summed E-state index contributed by atoms with van der Waals surface area (Å²) < 4.78 is 6.08. The molecule has 1 aromatic carbocycles. The van der Waals surface area contributed by atoms with E-state index < -0.39 is 23.3 Å². The highest BCUT2D eigenvalue weighted by molar-refractivity contribution is 9.10. The van der Waals surface area contributed by atoms with Crippen LogP contribution in [0.2, 0.25) is 5.02 Å². The fourth-order valence-electron chi connectivity index (χ4n) is 1.59. The highest BCUT2D eigenvalue weighted by atomic mass is 79.9. The van der Waals surface area contributed by atoms with Gasteiger partial charge in [0.2, 0.25) is 0 Å². The minimum absolute atomic E-state index is 0.304. The second-order valence-corrected chi connectivity index (χ2v) is 6.89. The van der Waals surface area contributed by atoms with Gasteiger partial charge < -0.3 is 15.2 Å². The molecular formula is C14H17BrClNO4. The molecule has 0 heterocycles. The van der Waals surface area contributed by atoms with Crippen LogP contribution in [0, 0.1) is 5.41 Å². The lowest BCUT2D eigenvalue weighted by molar-refractivity contribution is -0.145. The lowest BCUT2D eigenvalue weighted by atomic mass is 9.87. The summed E-state index contributed by atoms with van der Waals surface area (Å²) in [5, 5.41) is 11.9. The van der Waals surface area contributed by atoms with Gasteiger partial charge in [-0.25, -0.2) is 4.79 Å². The van der Waals surface area contributed by atoms with Crippen LogP contribution in [0.3, 0.4) is 0 Å². The number of hydrogen-bond acceptors (Lipinski definition) is 3. The van der Waals surface area contributed by atoms with Crippen LogP contribution in [0.25, 0.3) is 0 Å². The van der Waals surface area contributed by atoms with Crippen molar-refractivity contribution in [1.29, 1.82) is 0 Å². The average molecular weight is 379 g/mol. The lowest BCUT2D eigenvalue weighted by Crippen LogP contribution is -2.50. The highest BCUT2D eigenvalue weighted by Crippen LogP contribution is 2.27. The summed E-state index contributed by atoms with van der Waals surface area (Å²) in [5.41, 5.74) is -0.600. The van der Waals surface area contributed by atoms with Gasteiger partial charge in [0.05, 0.1) is 5.02 Å². The van der Waals surface area contributed by atoms with E-state index in [1.165, 1.54) is 0 Å². The molecule has 0 aliphatic rings. The number of carbonyl (C=O) groups is 2. The molecule has 1 rings (SSSR count). The third kappa shape index (κ3) is 5.55. The zero-order valence-corrected chi connectivity index (χ0v) is 14.3. The number of halogens is 2. The summed E-state index contributed by atoms with van der Waals surface area (Å²) in [6, 6.07) is 4.00. The van der Waals surface area contributed by atoms with Gasteiger partial charge in [0.25, 0.3) is 5.91 Å². The Labute approximate surface area is 136 Å². The average Bonchev–Trinajstić information content (AvgIpc) is 2.33. The van der Waals surface area contributed by atoms with Gasteiger partial charge in [-0.2, -0.15) is 0 Å². The van der Waals surface area contributed by atoms with Gasteiger partial charge in [0, 0.05) is 4.47 Å². The Hall–Kier alpha value is -1.27. The van der Waals surface area contributed by atoms with Crippen molar-refractivity contribution < 1.29 is 19.4 Å². The van der Waals surface area contributed by atoms with Crippen LogP contribution in [-0.2, 0) is 9.59 Å². The molecule has 5 nitrogen and oxygen atoms in total. The number of carbonyl (C=O) groups excluding carboxylic acids is 1. The van der Waals surface area contributed by atoms with E-state index in [0.717, 1.165) is 4.47 Å². The highest BCUT2D eigenvalue weighted by Gasteiger charge is 2.32. The first-order valence-corrected chi connectivity index (χ1v) is 7.38. The number of carboxylic acid groups (broad SMARTS) is 1. The first kappa shape index (κ1) is 17.8. The van der Waals surface area contributed by atoms with Gasteiger partial charge in [0.1, 0.15) is 11.8 Å². The summed E-state index contributed by atoms with van der Waals surface area (Å²) in [7, 11) is 0. The molecule has 0 aromatic heterocycles. The van der Waals surface area contributed by atoms with Crippen molar-refractivity contribution >= 4 is 39.4 Å². The molecule has 0 saturated carbocycles. The first-order valence-electron chi connectivity index (χ1n) is 6.21. The molecule has 21 heavy (non-hydrogen) atoms. The maximum atomic E-state index is 11.8. The summed E-state index contributed by atoms with van der Waals surface area (Å²) in [6.07, 6.45) is 0. The Bertz CT molecular complexity index is 542. The minimum Gasteiger partial charge on any atom is -0.482 e. The van der Waals surface area contributed by atoms with Gasteiger partial charge in [0.15, 0.2) is 6.61 Å². The number of carboxylic acids is 1. The standard InChI is InChI=1S/C14H17BrClNO4/c1-14(2,3)12(13(19)20)17-11(18)7-21-10-5-4-8(15)6-9(10)16/h4-6,12H,7H2,1-3H3,(H,17,18)(H,19,20)/t12-/m0/s1. The predicted molar refractivity (Wildman–Crippen MR) is 83.7 cm³/mol. The SMILES string of the molecule is CC(C)(C)[C@@H](NC(=O)COc1ccc(Br)cc1Cl)C(=O)O. The van der Waals surface area contributed by atoms with Crippen molar-refractivity contribution in [2.45, 2.75) is 26.8 Å². The number of hydrogen-bond donors (Lipinski definition) is 2. The maximum absolute atomic E-state index is 11.8. The predicted octanol–water partition coefficient (Wildman–Crippen LogP) is 3.10. The molecular weight excluding hydrogens is 362 g/mol. The summed E-state index contributed by atoms with van der Waals surface area (Å²) >= 11 is 9.22. The molecule has 0 aliphatic heterocycles. The molecule has 0 aliphatic carbocycles. The van der Waals surface area contributed by atoms with E-state index >= 15 is 0 Å². The van der Waals surface area contributed by atoms with E-state index in [0.29, 0.717) is 10.8 Å². The Morgan fingerprint density at radius 3 is 2.52 bits per heavy atom. The van der Waals surface area contributed by atoms with Crippen LogP contribution in [0.15, 0.2) is 22.7 Å². The van der Waals surface area contributed by atoms with Crippen LogP contribution < -0.4 is 10.1 Å². The Balaban J connectivity index is 2.63. The van der Waals surface area contributed by atoms with Gasteiger partial charge in [-0.15, -0.1) is 0 Å². The monoisotopic (exact) mass is 377 g/mol. The van der Waals surface area contributed by atoms with Crippen LogP contribution >= 0.6 is 27.5 Å². The summed E-state index contributed by atoms with van der Waals surface area (Å²) in [4.78, 5) is 23.0. The normalized spacial score (nSPS) is 12.6. The summed E-state index contributed by atoms with van der Waals surface area (Å²) in [6.45, 7) is 4.90. The molecule has 2 N–H and O–H groups in total. The Morgan fingerprint density at radius 1 is 1.43 bits per heavy atom. The molecule has 1 atom stereocenters. The number of benzene rings is 1. The van der Waals surface area contributed by atoms with E-state index in [1.807, 2.05) is 0 Å². The van der Waals surface area contributed by atoms with Crippen molar-refractivity contribution in [2.75, 3.05) is 6.61 Å². The van der Waals surface area contributed by atoms with Crippen molar-refractivity contribution in [2.24, 2.45) is 5.41 Å². The second-order valence-electron chi connectivity index (χ2n) is 5.57. The Morgan fingerprint density at radius 2 is 2.05 bits per heavy atom. The zero-order valence-electron chi connectivity index (χ0n) is 11.9. The van der Waals surface area contributed by atoms with Crippen molar-refractivity contribution in [3.05, 3.63) is 27.7 Å². The van der Waals surface area contributed by atoms with E-state index in [4.69, 9.17) is 21.4 Å². The molecule has 0 radical (unpaired) electrons. The third-order valence-electron chi connectivity index (χ3n) is 2.67. The van der Waals surface area contributed by atoms with Crippen molar-refractivity contribution in [1.82, 2.24) is 5.32 Å². The number of aliphatic carboxylic acids is 1. The van der Waals surface area contributed by atoms with Gasteiger partial charge in [-0.1, -0.05) is 48.3 Å². The smallest absolute Gasteiger partial charge is 0.326 e. The quantitative estimate of drug-likeness (QED) is 0.825. The van der Waals surface area contributed by atoms with Crippen molar-refractivity contribution in [3.63, 3.8) is 0 Å². The maximum Gasteiger partial charge on any atom is 0.326 e. The van der Waals surface area contributed by atoms with Crippen molar-refractivity contribution in [3.8, 4) is 5.75 Å². The van der Waals surface area contributed by atoms with E-state index in [-0.39, 0.29) is 6.61 Å². The molecule has 0 unspecified atom stereocenters. The number of rotatable bonds is 5. The van der Waals surface area contributed by atoms with E-state index in [1.54, 1.807) is 39.0 Å². The van der Waals surface area contributed by atoms with Gasteiger partial charge in [-0.05, 0) is 23.6 Å². The number of nitrogens with one attached hydrogen (secondary N) is 1. The van der Waals surface area contributed by atoms with E-state index in [9.17, 15) is 9.59 Å². The molecule has 0 spiro atoms. The molecule has 1 amide bonds. The summed E-state index contributed by atoms with van der Waals surface area (Å²) in [5.74, 6) is -1.24. The molecule has 0 bridgehead atoms. The Kier molecular flexibility index (Phi) is 6.04. The fraction of sp³-hybridized carbons (Fsp3) is 0.429. The molecule has 0 fully saturated rings.